The fourth-order valence-corrected chi connectivity index (χ4v) is 1.43. The van der Waals surface area contributed by atoms with E-state index in [0.29, 0.717) is 5.56 Å². The number of benzene rings is 1. The van der Waals surface area contributed by atoms with Gasteiger partial charge in [0.15, 0.2) is 0 Å². The molecule has 1 N–H and O–H groups in total. The summed E-state index contributed by atoms with van der Waals surface area (Å²) in [5.41, 5.74) is 0.737. The SMILES string of the molecule is CC(NC(=O)CBr)c1cccc([N+](=O)[O-])c1. The summed E-state index contributed by atoms with van der Waals surface area (Å²) in [6, 6.07) is 5.97. The minimum absolute atomic E-state index is 0.0254. The summed E-state index contributed by atoms with van der Waals surface area (Å²) in [5, 5.41) is 13.5. The lowest BCUT2D eigenvalue weighted by Gasteiger charge is -2.12. The van der Waals surface area contributed by atoms with E-state index in [4.69, 9.17) is 0 Å². The minimum Gasteiger partial charge on any atom is -0.349 e. The van der Waals surface area contributed by atoms with Gasteiger partial charge >= 0.3 is 0 Å². The number of nitro groups is 1. The highest BCUT2D eigenvalue weighted by atomic mass is 79.9. The van der Waals surface area contributed by atoms with Crippen molar-refractivity contribution in [1.29, 1.82) is 0 Å². The molecule has 0 aromatic heterocycles. The molecule has 86 valence electrons. The van der Waals surface area contributed by atoms with Crippen LogP contribution in [0.5, 0.6) is 0 Å². The summed E-state index contributed by atoms with van der Waals surface area (Å²) in [6.45, 7) is 1.78. The minimum atomic E-state index is -0.456. The molecule has 5 nitrogen and oxygen atoms in total. The van der Waals surface area contributed by atoms with Crippen molar-refractivity contribution in [2.75, 3.05) is 5.33 Å². The number of non-ortho nitro benzene ring substituents is 1. The van der Waals surface area contributed by atoms with Gasteiger partial charge in [-0.1, -0.05) is 28.1 Å². The van der Waals surface area contributed by atoms with Crippen molar-refractivity contribution >= 4 is 27.5 Å². The highest BCUT2D eigenvalue weighted by Crippen LogP contribution is 2.18. The van der Waals surface area contributed by atoms with Crippen LogP contribution in [0.1, 0.15) is 18.5 Å². The van der Waals surface area contributed by atoms with Gasteiger partial charge in [-0.3, -0.25) is 14.9 Å². The van der Waals surface area contributed by atoms with E-state index >= 15 is 0 Å². The third kappa shape index (κ3) is 3.30. The molecule has 0 aliphatic rings. The maximum atomic E-state index is 11.1. The lowest BCUT2D eigenvalue weighted by Crippen LogP contribution is -2.27. The number of carbonyl (C=O) groups is 1. The smallest absolute Gasteiger partial charge is 0.269 e. The van der Waals surface area contributed by atoms with Crippen LogP contribution in [0.2, 0.25) is 0 Å². The van der Waals surface area contributed by atoms with E-state index in [2.05, 4.69) is 21.2 Å². The van der Waals surface area contributed by atoms with Crippen LogP contribution in [0.15, 0.2) is 24.3 Å². The highest BCUT2D eigenvalue weighted by Gasteiger charge is 2.12. The van der Waals surface area contributed by atoms with Gasteiger partial charge in [0.2, 0.25) is 5.91 Å². The van der Waals surface area contributed by atoms with E-state index in [0.717, 1.165) is 0 Å². The number of nitro benzene ring substituents is 1. The normalized spacial score (nSPS) is 11.9. The molecular weight excluding hydrogens is 276 g/mol. The monoisotopic (exact) mass is 286 g/mol. The second-order valence-electron chi connectivity index (χ2n) is 3.27. The van der Waals surface area contributed by atoms with Crippen LogP contribution in [-0.4, -0.2) is 16.2 Å². The van der Waals surface area contributed by atoms with E-state index in [1.54, 1.807) is 19.1 Å². The molecule has 0 spiro atoms. The molecule has 1 aromatic rings. The molecule has 1 amide bonds. The Kier molecular flexibility index (Phi) is 4.42. The van der Waals surface area contributed by atoms with Gasteiger partial charge in [0.25, 0.3) is 5.69 Å². The quantitative estimate of drug-likeness (QED) is 0.524. The number of hydrogen-bond acceptors (Lipinski definition) is 3. The summed E-state index contributed by atoms with van der Waals surface area (Å²) in [5.74, 6) is -0.154. The van der Waals surface area contributed by atoms with Gasteiger partial charge in [-0.2, -0.15) is 0 Å². The Labute approximate surface area is 101 Å². The summed E-state index contributed by atoms with van der Waals surface area (Å²) in [7, 11) is 0. The predicted octanol–water partition coefficient (Wildman–Crippen LogP) is 2.17. The molecular formula is C10H11BrN2O3. The van der Waals surface area contributed by atoms with Crippen molar-refractivity contribution in [3.05, 3.63) is 39.9 Å². The zero-order valence-corrected chi connectivity index (χ0v) is 10.2. The van der Waals surface area contributed by atoms with Gasteiger partial charge in [0.05, 0.1) is 16.3 Å². The molecule has 0 fully saturated rings. The molecule has 6 heteroatoms. The Morgan fingerprint density at radius 2 is 2.31 bits per heavy atom. The zero-order chi connectivity index (χ0) is 12.1. The van der Waals surface area contributed by atoms with Crippen molar-refractivity contribution in [3.63, 3.8) is 0 Å². The first-order valence-corrected chi connectivity index (χ1v) is 5.76. The van der Waals surface area contributed by atoms with Crippen molar-refractivity contribution in [1.82, 2.24) is 5.32 Å². The largest absolute Gasteiger partial charge is 0.349 e. The lowest BCUT2D eigenvalue weighted by atomic mass is 10.1. The number of nitrogens with one attached hydrogen (secondary N) is 1. The molecule has 0 aliphatic heterocycles. The van der Waals surface area contributed by atoms with Gasteiger partial charge in [-0.25, -0.2) is 0 Å². The number of halogens is 1. The Hall–Kier alpha value is -1.43. The Morgan fingerprint density at radius 3 is 2.88 bits per heavy atom. The molecule has 0 heterocycles. The molecule has 1 rings (SSSR count). The maximum Gasteiger partial charge on any atom is 0.269 e. The van der Waals surface area contributed by atoms with Gasteiger partial charge < -0.3 is 5.32 Å². The number of carbonyl (C=O) groups excluding carboxylic acids is 1. The summed E-state index contributed by atoms with van der Waals surface area (Å²) in [6.07, 6.45) is 0. The van der Waals surface area contributed by atoms with E-state index in [-0.39, 0.29) is 23.0 Å². The first kappa shape index (κ1) is 12.6. The Bertz CT molecular complexity index is 409. The van der Waals surface area contributed by atoms with Crippen LogP contribution in [0.4, 0.5) is 5.69 Å². The van der Waals surface area contributed by atoms with Crippen LogP contribution in [0, 0.1) is 10.1 Å². The first-order chi connectivity index (χ1) is 7.54. The molecule has 1 aromatic carbocycles. The molecule has 0 aliphatic carbocycles. The molecule has 16 heavy (non-hydrogen) atoms. The van der Waals surface area contributed by atoms with Crippen LogP contribution in [0.3, 0.4) is 0 Å². The standard InChI is InChI=1S/C10H11BrN2O3/c1-7(12-10(14)6-11)8-3-2-4-9(5-8)13(15)16/h2-5,7H,6H2,1H3,(H,12,14). The van der Waals surface area contributed by atoms with Crippen molar-refractivity contribution in [3.8, 4) is 0 Å². The Balaban J connectivity index is 2.83. The number of hydrogen-bond donors (Lipinski definition) is 1. The van der Waals surface area contributed by atoms with Gasteiger partial charge in [-0.05, 0) is 12.5 Å². The summed E-state index contributed by atoms with van der Waals surface area (Å²) >= 11 is 3.03. The predicted molar refractivity (Wildman–Crippen MR) is 63.4 cm³/mol. The number of nitrogens with zero attached hydrogens (tertiary/aromatic N) is 1. The molecule has 0 radical (unpaired) electrons. The third-order valence-corrected chi connectivity index (χ3v) is 2.59. The van der Waals surface area contributed by atoms with Gasteiger partial charge in [-0.15, -0.1) is 0 Å². The Morgan fingerprint density at radius 1 is 1.62 bits per heavy atom. The highest BCUT2D eigenvalue weighted by molar-refractivity contribution is 9.09. The topological polar surface area (TPSA) is 72.2 Å². The molecule has 0 saturated carbocycles. The van der Waals surface area contributed by atoms with E-state index < -0.39 is 4.92 Å². The molecule has 0 saturated heterocycles. The first-order valence-electron chi connectivity index (χ1n) is 4.64. The van der Waals surface area contributed by atoms with E-state index in [1.165, 1.54) is 12.1 Å². The third-order valence-electron chi connectivity index (χ3n) is 2.08. The fraction of sp³-hybridized carbons (Fsp3) is 0.300. The second kappa shape index (κ2) is 5.60. The van der Waals surface area contributed by atoms with Gasteiger partial charge in [0, 0.05) is 12.1 Å². The fourth-order valence-electron chi connectivity index (χ4n) is 1.27. The second-order valence-corrected chi connectivity index (χ2v) is 3.84. The molecule has 1 unspecified atom stereocenters. The van der Waals surface area contributed by atoms with E-state index in [9.17, 15) is 14.9 Å². The van der Waals surface area contributed by atoms with E-state index in [1.807, 2.05) is 0 Å². The summed E-state index contributed by atoms with van der Waals surface area (Å²) < 4.78 is 0. The van der Waals surface area contributed by atoms with Gasteiger partial charge in [0.1, 0.15) is 0 Å². The zero-order valence-electron chi connectivity index (χ0n) is 8.64. The van der Waals surface area contributed by atoms with Crippen molar-refractivity contribution < 1.29 is 9.72 Å². The number of amides is 1. The van der Waals surface area contributed by atoms with Crippen LogP contribution < -0.4 is 5.32 Å². The van der Waals surface area contributed by atoms with Crippen LogP contribution >= 0.6 is 15.9 Å². The van der Waals surface area contributed by atoms with Crippen LogP contribution in [0.25, 0.3) is 0 Å². The lowest BCUT2D eigenvalue weighted by molar-refractivity contribution is -0.384. The summed E-state index contributed by atoms with van der Waals surface area (Å²) in [4.78, 5) is 21.2. The average Bonchev–Trinajstić information content (AvgIpc) is 2.28. The van der Waals surface area contributed by atoms with Crippen molar-refractivity contribution in [2.45, 2.75) is 13.0 Å². The van der Waals surface area contributed by atoms with Crippen molar-refractivity contribution in [2.24, 2.45) is 0 Å². The molecule has 0 bridgehead atoms. The number of rotatable bonds is 4. The molecule has 1 atom stereocenters. The maximum absolute atomic E-state index is 11.1. The number of alkyl halides is 1. The van der Waals surface area contributed by atoms with Crippen LogP contribution in [-0.2, 0) is 4.79 Å². The average molecular weight is 287 g/mol.